The molecule has 1 amide bonds. The molecule has 0 aliphatic rings. The van der Waals surface area contributed by atoms with Gasteiger partial charge in [0.15, 0.2) is 0 Å². The lowest BCUT2D eigenvalue weighted by Gasteiger charge is -2.26. The van der Waals surface area contributed by atoms with Crippen LogP contribution in [0.4, 0.5) is 0 Å². The molecule has 100 valence electrons. The summed E-state index contributed by atoms with van der Waals surface area (Å²) in [5.74, 6) is -0.436. The van der Waals surface area contributed by atoms with Gasteiger partial charge in [0, 0.05) is 19.0 Å². The van der Waals surface area contributed by atoms with E-state index in [4.69, 9.17) is 9.52 Å². The second-order valence-electron chi connectivity index (χ2n) is 4.35. The van der Waals surface area contributed by atoms with E-state index in [-0.39, 0.29) is 24.9 Å². The third-order valence-corrected chi connectivity index (χ3v) is 2.75. The van der Waals surface area contributed by atoms with Crippen molar-refractivity contribution in [3.63, 3.8) is 0 Å². The Morgan fingerprint density at radius 1 is 1.44 bits per heavy atom. The van der Waals surface area contributed by atoms with E-state index in [0.717, 1.165) is 0 Å². The Bertz CT molecular complexity index is 422. The molecule has 1 N–H and O–H groups in total. The van der Waals surface area contributed by atoms with Gasteiger partial charge in [0.1, 0.15) is 5.76 Å². The number of amides is 1. The quantitative estimate of drug-likeness (QED) is 0.843. The van der Waals surface area contributed by atoms with Gasteiger partial charge in [-0.2, -0.15) is 0 Å². The van der Waals surface area contributed by atoms with Crippen LogP contribution in [0.1, 0.15) is 43.3 Å². The molecular formula is C13H19NO4. The minimum atomic E-state index is -0.906. The standard InChI is InChI=1S/C13H19NO4/c1-4-11-10(6-8-18-11)13(17)14(9(2)3)7-5-12(15)16/h6,8-9H,4-5,7H2,1-3H3,(H,15,16). The molecule has 0 spiro atoms. The van der Waals surface area contributed by atoms with Gasteiger partial charge in [-0.25, -0.2) is 0 Å². The third-order valence-electron chi connectivity index (χ3n) is 2.75. The lowest BCUT2D eigenvalue weighted by Crippen LogP contribution is -2.38. The summed E-state index contributed by atoms with van der Waals surface area (Å²) in [5, 5.41) is 8.70. The smallest absolute Gasteiger partial charge is 0.305 e. The number of carboxylic acid groups (broad SMARTS) is 1. The predicted molar refractivity (Wildman–Crippen MR) is 66.5 cm³/mol. The molecule has 0 aromatic carbocycles. The van der Waals surface area contributed by atoms with Crippen LogP contribution in [-0.4, -0.2) is 34.5 Å². The molecule has 1 heterocycles. The number of aryl methyl sites for hydroxylation is 1. The average molecular weight is 253 g/mol. The second-order valence-corrected chi connectivity index (χ2v) is 4.35. The molecule has 0 bridgehead atoms. The van der Waals surface area contributed by atoms with Crippen molar-refractivity contribution in [2.75, 3.05) is 6.54 Å². The zero-order chi connectivity index (χ0) is 13.7. The monoisotopic (exact) mass is 253 g/mol. The fourth-order valence-corrected chi connectivity index (χ4v) is 1.77. The highest BCUT2D eigenvalue weighted by Gasteiger charge is 2.22. The number of hydrogen-bond donors (Lipinski definition) is 1. The maximum atomic E-state index is 12.3. The van der Waals surface area contributed by atoms with Crippen molar-refractivity contribution in [2.24, 2.45) is 0 Å². The van der Waals surface area contributed by atoms with Gasteiger partial charge in [-0.3, -0.25) is 9.59 Å². The Labute approximate surface area is 106 Å². The van der Waals surface area contributed by atoms with E-state index in [1.54, 1.807) is 11.0 Å². The largest absolute Gasteiger partial charge is 0.481 e. The molecule has 0 saturated carbocycles. The van der Waals surface area contributed by atoms with Gasteiger partial charge in [0.2, 0.25) is 0 Å². The first-order valence-corrected chi connectivity index (χ1v) is 6.06. The maximum Gasteiger partial charge on any atom is 0.305 e. The molecule has 0 unspecified atom stereocenters. The Morgan fingerprint density at radius 2 is 2.11 bits per heavy atom. The fourth-order valence-electron chi connectivity index (χ4n) is 1.77. The SMILES string of the molecule is CCc1occc1C(=O)N(CCC(=O)O)C(C)C. The lowest BCUT2D eigenvalue weighted by atomic mass is 10.1. The van der Waals surface area contributed by atoms with Crippen molar-refractivity contribution in [1.29, 1.82) is 0 Å². The van der Waals surface area contributed by atoms with Crippen molar-refractivity contribution in [2.45, 2.75) is 39.7 Å². The van der Waals surface area contributed by atoms with E-state index in [2.05, 4.69) is 0 Å². The molecule has 18 heavy (non-hydrogen) atoms. The zero-order valence-electron chi connectivity index (χ0n) is 11.0. The van der Waals surface area contributed by atoms with Gasteiger partial charge in [0.25, 0.3) is 5.91 Å². The summed E-state index contributed by atoms with van der Waals surface area (Å²) < 4.78 is 5.23. The highest BCUT2D eigenvalue weighted by molar-refractivity contribution is 5.95. The molecule has 0 radical (unpaired) electrons. The van der Waals surface area contributed by atoms with Gasteiger partial charge < -0.3 is 14.4 Å². The minimum Gasteiger partial charge on any atom is -0.481 e. The van der Waals surface area contributed by atoms with Crippen molar-refractivity contribution < 1.29 is 19.1 Å². The van der Waals surface area contributed by atoms with Crippen molar-refractivity contribution in [3.05, 3.63) is 23.7 Å². The van der Waals surface area contributed by atoms with E-state index >= 15 is 0 Å². The molecule has 5 heteroatoms. The van der Waals surface area contributed by atoms with Gasteiger partial charge >= 0.3 is 5.97 Å². The normalized spacial score (nSPS) is 10.7. The van der Waals surface area contributed by atoms with Gasteiger partial charge in [-0.15, -0.1) is 0 Å². The number of carbonyl (C=O) groups excluding carboxylic acids is 1. The van der Waals surface area contributed by atoms with Crippen LogP contribution < -0.4 is 0 Å². The molecule has 0 aliphatic heterocycles. The van der Waals surface area contributed by atoms with E-state index < -0.39 is 5.97 Å². The van der Waals surface area contributed by atoms with E-state index in [9.17, 15) is 9.59 Å². The van der Waals surface area contributed by atoms with Crippen LogP contribution in [0, 0.1) is 0 Å². The fraction of sp³-hybridized carbons (Fsp3) is 0.538. The second kappa shape index (κ2) is 6.23. The maximum absolute atomic E-state index is 12.3. The number of hydrogen-bond acceptors (Lipinski definition) is 3. The zero-order valence-corrected chi connectivity index (χ0v) is 11.0. The van der Waals surface area contributed by atoms with E-state index in [1.807, 2.05) is 20.8 Å². The van der Waals surface area contributed by atoms with Crippen molar-refractivity contribution >= 4 is 11.9 Å². The molecule has 1 aromatic rings. The predicted octanol–water partition coefficient (Wildman–Crippen LogP) is 2.17. The van der Waals surface area contributed by atoms with Crippen LogP contribution >= 0.6 is 0 Å². The number of rotatable bonds is 6. The number of carbonyl (C=O) groups is 2. The first-order chi connectivity index (χ1) is 8.47. The van der Waals surface area contributed by atoms with Crippen LogP contribution in [0.2, 0.25) is 0 Å². The number of aliphatic carboxylic acids is 1. The van der Waals surface area contributed by atoms with Crippen LogP contribution in [-0.2, 0) is 11.2 Å². The van der Waals surface area contributed by atoms with Crippen LogP contribution in [0.5, 0.6) is 0 Å². The average Bonchev–Trinajstić information content (AvgIpc) is 2.75. The molecular weight excluding hydrogens is 234 g/mol. The highest BCUT2D eigenvalue weighted by Crippen LogP contribution is 2.16. The van der Waals surface area contributed by atoms with Crippen LogP contribution in [0.15, 0.2) is 16.7 Å². The van der Waals surface area contributed by atoms with E-state index in [0.29, 0.717) is 17.7 Å². The Hall–Kier alpha value is -1.78. The topological polar surface area (TPSA) is 70.8 Å². The summed E-state index contributed by atoms with van der Waals surface area (Å²) in [6, 6.07) is 1.59. The molecule has 5 nitrogen and oxygen atoms in total. The molecule has 0 saturated heterocycles. The summed E-state index contributed by atoms with van der Waals surface area (Å²) in [6.45, 7) is 5.85. The Balaban J connectivity index is 2.86. The molecule has 0 fully saturated rings. The summed E-state index contributed by atoms with van der Waals surface area (Å²) in [5.41, 5.74) is 0.525. The summed E-state index contributed by atoms with van der Waals surface area (Å²) in [6.07, 6.45) is 2.07. The third kappa shape index (κ3) is 3.35. The molecule has 1 aromatic heterocycles. The molecule has 0 atom stereocenters. The summed E-state index contributed by atoms with van der Waals surface area (Å²) in [7, 11) is 0. The van der Waals surface area contributed by atoms with Gasteiger partial charge in [-0.1, -0.05) is 6.92 Å². The molecule has 1 rings (SSSR count). The lowest BCUT2D eigenvalue weighted by molar-refractivity contribution is -0.137. The first-order valence-electron chi connectivity index (χ1n) is 6.06. The summed E-state index contributed by atoms with van der Waals surface area (Å²) >= 11 is 0. The van der Waals surface area contributed by atoms with Crippen LogP contribution in [0.3, 0.4) is 0 Å². The molecule has 0 aliphatic carbocycles. The van der Waals surface area contributed by atoms with Crippen molar-refractivity contribution in [1.82, 2.24) is 4.90 Å². The van der Waals surface area contributed by atoms with E-state index in [1.165, 1.54) is 6.26 Å². The Kier molecular flexibility index (Phi) is 4.95. The van der Waals surface area contributed by atoms with Crippen molar-refractivity contribution in [3.8, 4) is 0 Å². The number of nitrogens with zero attached hydrogens (tertiary/aromatic N) is 1. The Morgan fingerprint density at radius 3 is 2.61 bits per heavy atom. The van der Waals surface area contributed by atoms with Gasteiger partial charge in [-0.05, 0) is 19.9 Å². The first kappa shape index (κ1) is 14.3. The number of furan rings is 1. The summed E-state index contributed by atoms with van der Waals surface area (Å²) in [4.78, 5) is 24.5. The van der Waals surface area contributed by atoms with Gasteiger partial charge in [0.05, 0.1) is 18.2 Å². The highest BCUT2D eigenvalue weighted by atomic mass is 16.4. The minimum absolute atomic E-state index is 0.0449. The number of carboxylic acids is 1. The van der Waals surface area contributed by atoms with Crippen LogP contribution in [0.25, 0.3) is 0 Å².